The third kappa shape index (κ3) is 3.98. The summed E-state index contributed by atoms with van der Waals surface area (Å²) in [6, 6.07) is 0. The minimum atomic E-state index is -1.04. The quantitative estimate of drug-likeness (QED) is 0.455. The maximum absolute atomic E-state index is 12.5. The summed E-state index contributed by atoms with van der Waals surface area (Å²) in [4.78, 5) is 24.0. The van der Waals surface area contributed by atoms with E-state index in [4.69, 9.17) is 11.6 Å². The molecule has 0 N–H and O–H groups in total. The Morgan fingerprint density at radius 2 is 2.10 bits per heavy atom. The van der Waals surface area contributed by atoms with Crippen molar-refractivity contribution in [2.24, 2.45) is 11.3 Å². The van der Waals surface area contributed by atoms with Crippen LogP contribution >= 0.6 is 11.6 Å². The first-order valence-corrected chi connectivity index (χ1v) is 7.16. The van der Waals surface area contributed by atoms with Gasteiger partial charge in [0.2, 0.25) is 5.91 Å². The van der Waals surface area contributed by atoms with Gasteiger partial charge in [0.05, 0.1) is 7.11 Å². The molecule has 0 radical (unpaired) electrons. The topological polar surface area (TPSA) is 46.6 Å². The van der Waals surface area contributed by atoms with E-state index in [1.807, 2.05) is 6.08 Å². The Kier molecular flexibility index (Phi) is 5.25. The molecule has 114 valence electrons. The molecule has 0 spiro atoms. The summed E-state index contributed by atoms with van der Waals surface area (Å²) in [7, 11) is 2.87. The second-order valence-electron chi connectivity index (χ2n) is 6.42. The number of nitrogens with zero attached hydrogens (tertiary/aromatic N) is 1. The van der Waals surface area contributed by atoms with Crippen LogP contribution < -0.4 is 0 Å². The SMILES string of the molecule is COC(=O)CN(C)C(=O)C(C)(Cl)C1C=CCC(C)(C)C1. The summed E-state index contributed by atoms with van der Waals surface area (Å²) >= 11 is 6.52. The first kappa shape index (κ1) is 17.0. The van der Waals surface area contributed by atoms with Gasteiger partial charge < -0.3 is 9.64 Å². The van der Waals surface area contributed by atoms with Crippen LogP contribution in [-0.4, -0.2) is 42.4 Å². The lowest BCUT2D eigenvalue weighted by molar-refractivity contribution is -0.147. The summed E-state index contributed by atoms with van der Waals surface area (Å²) in [5, 5.41) is 0. The molecule has 0 bridgehead atoms. The molecule has 20 heavy (non-hydrogen) atoms. The third-order valence-electron chi connectivity index (χ3n) is 3.87. The van der Waals surface area contributed by atoms with E-state index in [9.17, 15) is 9.59 Å². The van der Waals surface area contributed by atoms with Gasteiger partial charge >= 0.3 is 5.97 Å². The van der Waals surface area contributed by atoms with E-state index in [-0.39, 0.29) is 23.8 Å². The van der Waals surface area contributed by atoms with E-state index in [2.05, 4.69) is 24.7 Å². The molecule has 1 aliphatic rings. The Balaban J connectivity index is 2.82. The number of hydrogen-bond donors (Lipinski definition) is 0. The number of hydrogen-bond acceptors (Lipinski definition) is 3. The summed E-state index contributed by atoms with van der Waals surface area (Å²) in [6.07, 6.45) is 5.94. The summed E-state index contributed by atoms with van der Waals surface area (Å²) < 4.78 is 4.57. The van der Waals surface area contributed by atoms with Gasteiger partial charge in [-0.15, -0.1) is 11.6 Å². The molecule has 0 aromatic carbocycles. The van der Waals surface area contributed by atoms with Gasteiger partial charge in [0.25, 0.3) is 0 Å². The molecule has 0 fully saturated rings. The number of allylic oxidation sites excluding steroid dienone is 2. The van der Waals surface area contributed by atoms with Crippen LogP contribution in [0.4, 0.5) is 0 Å². The van der Waals surface area contributed by atoms with Gasteiger partial charge in [-0.3, -0.25) is 9.59 Å². The van der Waals surface area contributed by atoms with Crippen molar-refractivity contribution in [3.8, 4) is 0 Å². The second-order valence-corrected chi connectivity index (χ2v) is 7.21. The van der Waals surface area contributed by atoms with E-state index >= 15 is 0 Å². The molecule has 1 rings (SSSR count). The van der Waals surface area contributed by atoms with Gasteiger partial charge in [-0.2, -0.15) is 0 Å². The number of halogens is 1. The first-order chi connectivity index (χ1) is 9.10. The fourth-order valence-electron chi connectivity index (χ4n) is 2.53. The number of carbonyl (C=O) groups is 2. The lowest BCUT2D eigenvalue weighted by Gasteiger charge is -2.39. The lowest BCUT2D eigenvalue weighted by Crippen LogP contribution is -2.49. The van der Waals surface area contributed by atoms with Crippen LogP contribution in [0.25, 0.3) is 0 Å². The average molecular weight is 302 g/mol. The molecular weight excluding hydrogens is 278 g/mol. The van der Waals surface area contributed by atoms with Crippen LogP contribution in [0, 0.1) is 11.3 Å². The van der Waals surface area contributed by atoms with Crippen LogP contribution in [0.5, 0.6) is 0 Å². The van der Waals surface area contributed by atoms with Crippen molar-refractivity contribution >= 4 is 23.5 Å². The number of esters is 1. The monoisotopic (exact) mass is 301 g/mol. The molecule has 0 heterocycles. The van der Waals surface area contributed by atoms with Crippen molar-refractivity contribution in [3.05, 3.63) is 12.2 Å². The summed E-state index contributed by atoms with van der Waals surface area (Å²) in [6.45, 7) is 5.97. The van der Waals surface area contributed by atoms with Crippen molar-refractivity contribution in [2.75, 3.05) is 20.7 Å². The average Bonchev–Trinajstić information content (AvgIpc) is 2.36. The summed E-state index contributed by atoms with van der Waals surface area (Å²) in [5.41, 5.74) is 0.136. The Morgan fingerprint density at radius 3 is 2.60 bits per heavy atom. The molecule has 0 saturated carbocycles. The third-order valence-corrected chi connectivity index (χ3v) is 4.31. The molecule has 0 aromatic rings. The zero-order chi connectivity index (χ0) is 15.6. The molecular formula is C15H24ClNO3. The molecule has 1 amide bonds. The van der Waals surface area contributed by atoms with Crippen molar-refractivity contribution < 1.29 is 14.3 Å². The number of methoxy groups -OCH3 is 1. The number of alkyl halides is 1. The highest BCUT2D eigenvalue weighted by Gasteiger charge is 2.43. The van der Waals surface area contributed by atoms with E-state index in [0.29, 0.717) is 0 Å². The maximum atomic E-state index is 12.5. The molecule has 0 aromatic heterocycles. The standard InChI is InChI=1S/C15H24ClNO3/c1-14(2)8-6-7-11(9-14)15(3,16)13(19)17(4)10-12(18)20-5/h6-7,11H,8-10H2,1-5H3. The molecule has 2 atom stereocenters. The second kappa shape index (κ2) is 6.17. The lowest BCUT2D eigenvalue weighted by atomic mass is 9.71. The van der Waals surface area contributed by atoms with E-state index in [1.165, 1.54) is 12.0 Å². The van der Waals surface area contributed by atoms with Gasteiger partial charge in [-0.1, -0.05) is 26.0 Å². The van der Waals surface area contributed by atoms with Crippen molar-refractivity contribution in [1.29, 1.82) is 0 Å². The normalized spacial score (nSPS) is 23.8. The Hall–Kier alpha value is -1.03. The zero-order valence-corrected chi connectivity index (χ0v) is 13.7. The van der Waals surface area contributed by atoms with Gasteiger partial charge in [0.15, 0.2) is 0 Å². The Morgan fingerprint density at radius 1 is 1.50 bits per heavy atom. The minimum absolute atomic E-state index is 0.0412. The van der Waals surface area contributed by atoms with Gasteiger partial charge in [-0.05, 0) is 25.2 Å². The van der Waals surface area contributed by atoms with E-state index < -0.39 is 10.8 Å². The van der Waals surface area contributed by atoms with Crippen molar-refractivity contribution in [2.45, 2.75) is 38.5 Å². The number of rotatable bonds is 4. The van der Waals surface area contributed by atoms with Crippen molar-refractivity contribution in [3.63, 3.8) is 0 Å². The van der Waals surface area contributed by atoms with Crippen LogP contribution in [0.15, 0.2) is 12.2 Å². The van der Waals surface area contributed by atoms with Crippen LogP contribution in [0.3, 0.4) is 0 Å². The molecule has 0 saturated heterocycles. The number of carbonyl (C=O) groups excluding carboxylic acids is 2. The minimum Gasteiger partial charge on any atom is -0.468 e. The number of likely N-dealkylation sites (N-methyl/N-ethyl adjacent to an activating group) is 1. The Bertz CT molecular complexity index is 415. The largest absolute Gasteiger partial charge is 0.468 e. The maximum Gasteiger partial charge on any atom is 0.325 e. The molecule has 4 nitrogen and oxygen atoms in total. The highest BCUT2D eigenvalue weighted by atomic mass is 35.5. The van der Waals surface area contributed by atoms with Crippen LogP contribution in [-0.2, 0) is 14.3 Å². The highest BCUT2D eigenvalue weighted by Crippen LogP contribution is 2.42. The van der Waals surface area contributed by atoms with Crippen LogP contribution in [0.2, 0.25) is 0 Å². The highest BCUT2D eigenvalue weighted by molar-refractivity contribution is 6.35. The number of ether oxygens (including phenoxy) is 1. The predicted octanol–water partition coefficient (Wildman–Crippen LogP) is 2.61. The molecule has 0 aliphatic heterocycles. The van der Waals surface area contributed by atoms with E-state index in [0.717, 1.165) is 12.8 Å². The zero-order valence-electron chi connectivity index (χ0n) is 12.9. The van der Waals surface area contributed by atoms with Crippen LogP contribution in [0.1, 0.15) is 33.6 Å². The van der Waals surface area contributed by atoms with Gasteiger partial charge in [0.1, 0.15) is 11.4 Å². The predicted molar refractivity (Wildman–Crippen MR) is 79.6 cm³/mol. The van der Waals surface area contributed by atoms with Gasteiger partial charge in [0, 0.05) is 13.0 Å². The van der Waals surface area contributed by atoms with E-state index in [1.54, 1.807) is 14.0 Å². The fourth-order valence-corrected chi connectivity index (χ4v) is 2.83. The summed E-state index contributed by atoms with van der Waals surface area (Å²) in [5.74, 6) is -0.745. The fraction of sp³-hybridized carbons (Fsp3) is 0.733. The Labute approximate surface area is 126 Å². The molecule has 2 unspecified atom stereocenters. The molecule has 1 aliphatic carbocycles. The first-order valence-electron chi connectivity index (χ1n) is 6.78. The van der Waals surface area contributed by atoms with Crippen molar-refractivity contribution in [1.82, 2.24) is 4.90 Å². The molecule has 5 heteroatoms. The van der Waals surface area contributed by atoms with Gasteiger partial charge in [-0.25, -0.2) is 0 Å². The smallest absolute Gasteiger partial charge is 0.325 e. The number of amides is 1.